The molecule has 1 unspecified atom stereocenters. The number of carbonyl (C=O) groups excluding carboxylic acids is 1. The molecule has 2 heterocycles. The Morgan fingerprint density at radius 2 is 1.64 bits per heavy atom. The normalized spacial score (nSPS) is 15.2. The zero-order valence-electron chi connectivity index (χ0n) is 22.1. The molecule has 1 aliphatic rings. The largest absolute Gasteiger partial charge is 0.351 e. The van der Waals surface area contributed by atoms with Crippen LogP contribution in [0.1, 0.15) is 61.1 Å². The molecule has 1 fully saturated rings. The maximum Gasteiger partial charge on any atom is 0.228 e. The summed E-state index contributed by atoms with van der Waals surface area (Å²) in [7, 11) is 0. The predicted octanol–water partition coefficient (Wildman–Crippen LogP) is 7.58. The Labute approximate surface area is 234 Å². The highest BCUT2D eigenvalue weighted by Crippen LogP contribution is 2.36. The third-order valence-electron chi connectivity index (χ3n) is 7.96. The van der Waals surface area contributed by atoms with Crippen molar-refractivity contribution in [3.8, 4) is 11.5 Å². The van der Waals surface area contributed by atoms with Gasteiger partial charge in [-0.3, -0.25) is 4.79 Å². The minimum Gasteiger partial charge on any atom is -0.351 e. The van der Waals surface area contributed by atoms with E-state index in [1.54, 1.807) is 11.3 Å². The number of hydrogen-bond donors (Lipinski definition) is 1. The van der Waals surface area contributed by atoms with Crippen LogP contribution in [0.25, 0.3) is 22.6 Å². The molecular weight excluding hydrogens is 500 g/mol. The van der Waals surface area contributed by atoms with Crippen molar-refractivity contribution in [3.63, 3.8) is 0 Å². The van der Waals surface area contributed by atoms with Crippen molar-refractivity contribution in [3.05, 3.63) is 106 Å². The Kier molecular flexibility index (Phi) is 7.82. The molecule has 0 saturated heterocycles. The van der Waals surface area contributed by atoms with E-state index in [2.05, 4.69) is 69.5 Å². The maximum absolute atomic E-state index is 13.7. The van der Waals surface area contributed by atoms with Gasteiger partial charge in [0.2, 0.25) is 5.91 Å². The fourth-order valence-electron chi connectivity index (χ4n) is 5.94. The van der Waals surface area contributed by atoms with Gasteiger partial charge in [-0.1, -0.05) is 92.4 Å². The lowest BCUT2D eigenvalue weighted by Gasteiger charge is -2.26. The lowest BCUT2D eigenvalue weighted by Crippen LogP contribution is -2.33. The first kappa shape index (κ1) is 25.5. The van der Waals surface area contributed by atoms with Crippen LogP contribution in [0, 0.1) is 5.92 Å². The van der Waals surface area contributed by atoms with Crippen molar-refractivity contribution >= 4 is 28.3 Å². The summed E-state index contributed by atoms with van der Waals surface area (Å²) in [6.45, 7) is 1.26. The van der Waals surface area contributed by atoms with Gasteiger partial charge in [-0.15, -0.1) is 11.3 Å². The summed E-state index contributed by atoms with van der Waals surface area (Å²) in [4.78, 5) is 23.1. The molecule has 0 spiro atoms. The fraction of sp³-hybridized carbons (Fsp3) is 0.303. The van der Waals surface area contributed by atoms with Crippen LogP contribution in [-0.2, 0) is 17.9 Å². The van der Waals surface area contributed by atoms with Gasteiger partial charge in [-0.25, -0.2) is 9.97 Å². The van der Waals surface area contributed by atoms with E-state index in [1.165, 1.54) is 31.2 Å². The molecule has 0 bridgehead atoms. The first-order chi connectivity index (χ1) is 19.3. The number of amides is 1. The first-order valence-electron chi connectivity index (χ1n) is 14.0. The molecule has 6 rings (SSSR count). The molecule has 5 nitrogen and oxygen atoms in total. The number of thiazole rings is 1. The van der Waals surface area contributed by atoms with Crippen molar-refractivity contribution < 1.29 is 4.79 Å². The molecular formula is C33H34N4OS. The number of nitrogens with one attached hydrogen (secondary N) is 1. The zero-order valence-corrected chi connectivity index (χ0v) is 22.9. The van der Waals surface area contributed by atoms with Gasteiger partial charge in [0.15, 0.2) is 5.82 Å². The van der Waals surface area contributed by atoms with Crippen molar-refractivity contribution in [2.24, 2.45) is 5.92 Å². The first-order valence-corrected chi connectivity index (χ1v) is 14.9. The van der Waals surface area contributed by atoms with Gasteiger partial charge in [0.05, 0.1) is 22.5 Å². The summed E-state index contributed by atoms with van der Waals surface area (Å²) in [5, 5.41) is 5.30. The van der Waals surface area contributed by atoms with Crippen LogP contribution in [0.4, 0.5) is 0 Å². The van der Waals surface area contributed by atoms with Gasteiger partial charge in [-0.05, 0) is 47.6 Å². The number of nitrogens with zero attached hydrogens (tertiary/aromatic N) is 3. The Morgan fingerprint density at radius 1 is 0.897 bits per heavy atom. The maximum atomic E-state index is 13.7. The standard InChI is InChI=1S/C33H34N4OS/c38-33(34-20-24-10-4-3-5-11-24)31(26-12-6-1-2-7-13-26)27-18-16-25(17-19-27)21-37-30-15-9-8-14-28(30)36-32(37)29-22-39-23-35-29/h3-5,8-11,14-19,22-23,26,31H,1-2,6-7,12-13,20-21H2,(H,34,38). The smallest absolute Gasteiger partial charge is 0.228 e. The summed E-state index contributed by atoms with van der Waals surface area (Å²) in [5.74, 6) is 1.28. The quantitative estimate of drug-likeness (QED) is 0.209. The van der Waals surface area contributed by atoms with Crippen LogP contribution in [0.15, 0.2) is 89.8 Å². The highest BCUT2D eigenvalue weighted by molar-refractivity contribution is 7.07. The van der Waals surface area contributed by atoms with Crippen LogP contribution in [0.3, 0.4) is 0 Å². The molecule has 1 aliphatic carbocycles. The molecule has 1 saturated carbocycles. The molecule has 1 N–H and O–H groups in total. The highest BCUT2D eigenvalue weighted by Gasteiger charge is 2.30. The third-order valence-corrected chi connectivity index (χ3v) is 8.55. The molecule has 2 aromatic heterocycles. The topological polar surface area (TPSA) is 59.8 Å². The number of aromatic nitrogens is 3. The van der Waals surface area contributed by atoms with Crippen LogP contribution in [0.2, 0.25) is 0 Å². The SMILES string of the molecule is O=C(NCc1ccccc1)C(c1ccc(Cn2c(-c3cscn3)nc3ccccc32)cc1)C1CCCCCC1. The molecule has 5 aromatic rings. The van der Waals surface area contributed by atoms with E-state index in [0.29, 0.717) is 19.0 Å². The van der Waals surface area contributed by atoms with Crippen molar-refractivity contribution in [1.82, 2.24) is 19.9 Å². The monoisotopic (exact) mass is 534 g/mol. The molecule has 6 heteroatoms. The number of imidazole rings is 1. The minimum absolute atomic E-state index is 0.125. The average molecular weight is 535 g/mol. The van der Waals surface area contributed by atoms with Crippen molar-refractivity contribution in [2.75, 3.05) is 0 Å². The van der Waals surface area contributed by atoms with E-state index in [4.69, 9.17) is 4.98 Å². The molecule has 1 amide bonds. The van der Waals surface area contributed by atoms with Crippen LogP contribution >= 0.6 is 11.3 Å². The second-order valence-corrected chi connectivity index (χ2v) is 11.3. The van der Waals surface area contributed by atoms with Crippen LogP contribution < -0.4 is 5.32 Å². The van der Waals surface area contributed by atoms with Crippen molar-refractivity contribution in [1.29, 1.82) is 0 Å². The number of rotatable bonds is 8. The van der Waals surface area contributed by atoms with Gasteiger partial charge < -0.3 is 9.88 Å². The zero-order chi connectivity index (χ0) is 26.4. The highest BCUT2D eigenvalue weighted by atomic mass is 32.1. The van der Waals surface area contributed by atoms with E-state index in [-0.39, 0.29) is 11.8 Å². The van der Waals surface area contributed by atoms with E-state index < -0.39 is 0 Å². The minimum atomic E-state index is -0.125. The molecule has 198 valence electrons. The summed E-state index contributed by atoms with van der Waals surface area (Å²) >= 11 is 1.58. The van der Waals surface area contributed by atoms with Gasteiger partial charge in [0.1, 0.15) is 5.69 Å². The summed E-state index contributed by atoms with van der Waals surface area (Å²) in [6.07, 6.45) is 7.19. The molecule has 1 atom stereocenters. The summed E-state index contributed by atoms with van der Waals surface area (Å²) in [5.41, 5.74) is 8.25. The van der Waals surface area contributed by atoms with E-state index in [1.807, 2.05) is 35.2 Å². The Hall–Kier alpha value is -3.77. The second-order valence-electron chi connectivity index (χ2n) is 10.6. The Morgan fingerprint density at radius 3 is 2.38 bits per heavy atom. The Balaban J connectivity index is 1.26. The summed E-state index contributed by atoms with van der Waals surface area (Å²) < 4.78 is 2.24. The number of hydrogen-bond acceptors (Lipinski definition) is 4. The van der Waals surface area contributed by atoms with E-state index >= 15 is 0 Å². The van der Waals surface area contributed by atoms with Crippen molar-refractivity contribution in [2.45, 2.75) is 57.5 Å². The molecule has 39 heavy (non-hydrogen) atoms. The molecule has 0 radical (unpaired) electrons. The number of benzene rings is 3. The molecule has 3 aromatic carbocycles. The van der Waals surface area contributed by atoms with Gasteiger partial charge in [-0.2, -0.15) is 0 Å². The van der Waals surface area contributed by atoms with Gasteiger partial charge in [0, 0.05) is 18.5 Å². The third kappa shape index (κ3) is 5.81. The van der Waals surface area contributed by atoms with Gasteiger partial charge >= 0.3 is 0 Å². The van der Waals surface area contributed by atoms with Crippen LogP contribution in [0.5, 0.6) is 0 Å². The van der Waals surface area contributed by atoms with E-state index in [9.17, 15) is 4.79 Å². The lowest BCUT2D eigenvalue weighted by atomic mass is 9.80. The fourth-order valence-corrected chi connectivity index (χ4v) is 6.47. The van der Waals surface area contributed by atoms with E-state index in [0.717, 1.165) is 46.5 Å². The number of carbonyl (C=O) groups is 1. The number of fused-ring (bicyclic) bond motifs is 1. The second kappa shape index (κ2) is 12.0. The Bertz CT molecular complexity index is 1500. The van der Waals surface area contributed by atoms with Crippen LogP contribution in [-0.4, -0.2) is 20.4 Å². The van der Waals surface area contributed by atoms with Gasteiger partial charge in [0.25, 0.3) is 0 Å². The summed E-state index contributed by atoms with van der Waals surface area (Å²) in [6, 6.07) is 27.1. The molecule has 0 aliphatic heterocycles. The average Bonchev–Trinajstić information content (AvgIpc) is 3.55. The number of para-hydroxylation sites is 2. The predicted molar refractivity (Wildman–Crippen MR) is 159 cm³/mol. The lowest BCUT2D eigenvalue weighted by molar-refractivity contribution is -0.124.